The van der Waals surface area contributed by atoms with E-state index in [1.807, 2.05) is 44.2 Å². The van der Waals surface area contributed by atoms with Crippen molar-refractivity contribution in [3.63, 3.8) is 0 Å². The van der Waals surface area contributed by atoms with Crippen LogP contribution in [0.25, 0.3) is 0 Å². The van der Waals surface area contributed by atoms with Crippen LogP contribution in [0.15, 0.2) is 35.5 Å². The van der Waals surface area contributed by atoms with E-state index in [0.717, 1.165) is 16.5 Å². The van der Waals surface area contributed by atoms with Crippen molar-refractivity contribution in [3.05, 3.63) is 41.7 Å². The quantitative estimate of drug-likeness (QED) is 0.796. The smallest absolute Gasteiger partial charge is 0.233 e. The summed E-state index contributed by atoms with van der Waals surface area (Å²) in [6, 6.07) is 10.4. The summed E-state index contributed by atoms with van der Waals surface area (Å²) in [6.45, 7) is 4.49. The molecule has 1 atom stereocenters. The standard InChI is InChI=1S/C19H26N4OS/c1-14(18(24)20-13-16-9-5-3-6-10-16)25-19-22-21-15(2)23(19)17-11-7-4-8-12-17/h3,5-6,9-10,14,17H,4,7-8,11-13H2,1-2H3,(H,20,24). The third-order valence-electron chi connectivity index (χ3n) is 4.74. The minimum Gasteiger partial charge on any atom is -0.351 e. The minimum absolute atomic E-state index is 0.0321. The van der Waals surface area contributed by atoms with Gasteiger partial charge in [-0.3, -0.25) is 4.79 Å². The highest BCUT2D eigenvalue weighted by atomic mass is 32.2. The molecule has 3 rings (SSSR count). The van der Waals surface area contributed by atoms with Crippen LogP contribution in [0, 0.1) is 6.92 Å². The lowest BCUT2D eigenvalue weighted by molar-refractivity contribution is -0.120. The lowest BCUT2D eigenvalue weighted by Crippen LogP contribution is -2.30. The molecule has 1 aliphatic rings. The molecule has 1 heterocycles. The van der Waals surface area contributed by atoms with Crippen LogP contribution in [0.5, 0.6) is 0 Å². The van der Waals surface area contributed by atoms with Gasteiger partial charge in [-0.25, -0.2) is 0 Å². The van der Waals surface area contributed by atoms with Gasteiger partial charge in [0.2, 0.25) is 5.91 Å². The summed E-state index contributed by atoms with van der Waals surface area (Å²) in [5.41, 5.74) is 1.11. The van der Waals surface area contributed by atoms with Crippen LogP contribution in [0.2, 0.25) is 0 Å². The summed E-state index contributed by atoms with van der Waals surface area (Å²) in [5, 5.41) is 12.3. The Labute approximate surface area is 153 Å². The summed E-state index contributed by atoms with van der Waals surface area (Å²) < 4.78 is 2.24. The average molecular weight is 359 g/mol. The molecule has 1 N–H and O–H groups in total. The summed E-state index contributed by atoms with van der Waals surface area (Å²) in [6.07, 6.45) is 6.21. The first-order chi connectivity index (χ1) is 12.1. The molecular weight excluding hydrogens is 332 g/mol. The summed E-state index contributed by atoms with van der Waals surface area (Å²) >= 11 is 1.51. The molecule has 0 bridgehead atoms. The van der Waals surface area contributed by atoms with Gasteiger partial charge in [-0.15, -0.1) is 10.2 Å². The van der Waals surface area contributed by atoms with Crippen LogP contribution in [0.3, 0.4) is 0 Å². The highest BCUT2D eigenvalue weighted by Gasteiger charge is 2.24. The van der Waals surface area contributed by atoms with Crippen LogP contribution in [0.4, 0.5) is 0 Å². The number of benzene rings is 1. The highest BCUT2D eigenvalue weighted by molar-refractivity contribution is 8.00. The zero-order valence-corrected chi connectivity index (χ0v) is 15.8. The van der Waals surface area contributed by atoms with Gasteiger partial charge in [0.1, 0.15) is 5.82 Å². The van der Waals surface area contributed by atoms with Crippen molar-refractivity contribution in [2.45, 2.75) is 68.9 Å². The molecule has 1 aromatic heterocycles. The number of aromatic nitrogens is 3. The molecule has 2 aromatic rings. The van der Waals surface area contributed by atoms with Gasteiger partial charge in [0.05, 0.1) is 5.25 Å². The second-order valence-electron chi connectivity index (χ2n) is 6.66. The maximum Gasteiger partial charge on any atom is 0.233 e. The fourth-order valence-corrected chi connectivity index (χ4v) is 4.32. The number of carbonyl (C=O) groups excluding carboxylic acids is 1. The van der Waals surface area contributed by atoms with Crippen molar-refractivity contribution >= 4 is 17.7 Å². The Hall–Kier alpha value is -1.82. The summed E-state index contributed by atoms with van der Waals surface area (Å²) in [4.78, 5) is 12.4. The average Bonchev–Trinajstić information content (AvgIpc) is 3.01. The van der Waals surface area contributed by atoms with E-state index in [-0.39, 0.29) is 11.2 Å². The Bertz CT molecular complexity index is 695. The molecule has 1 unspecified atom stereocenters. The predicted molar refractivity (Wildman–Crippen MR) is 100 cm³/mol. The molecule has 1 fully saturated rings. The summed E-state index contributed by atoms with van der Waals surface area (Å²) in [7, 11) is 0. The number of hydrogen-bond acceptors (Lipinski definition) is 4. The van der Waals surface area contributed by atoms with E-state index in [1.165, 1.54) is 43.9 Å². The monoisotopic (exact) mass is 358 g/mol. The van der Waals surface area contributed by atoms with Gasteiger partial charge >= 0.3 is 0 Å². The lowest BCUT2D eigenvalue weighted by Gasteiger charge is -2.25. The van der Waals surface area contributed by atoms with E-state index in [2.05, 4.69) is 20.1 Å². The minimum atomic E-state index is -0.199. The molecule has 0 radical (unpaired) electrons. The van der Waals surface area contributed by atoms with Crippen LogP contribution < -0.4 is 5.32 Å². The zero-order chi connectivity index (χ0) is 17.6. The third kappa shape index (κ3) is 4.63. The molecule has 1 aromatic carbocycles. The molecular formula is C19H26N4OS. The first-order valence-corrected chi connectivity index (χ1v) is 9.93. The van der Waals surface area contributed by atoms with Gasteiger partial charge < -0.3 is 9.88 Å². The molecule has 5 nitrogen and oxygen atoms in total. The number of aryl methyl sites for hydroxylation is 1. The van der Waals surface area contributed by atoms with Crippen molar-refractivity contribution in [2.75, 3.05) is 0 Å². The Kier molecular flexibility index (Phi) is 6.13. The van der Waals surface area contributed by atoms with Crippen molar-refractivity contribution < 1.29 is 4.79 Å². The maximum atomic E-state index is 12.4. The van der Waals surface area contributed by atoms with Gasteiger partial charge in [0.15, 0.2) is 5.16 Å². The SMILES string of the molecule is Cc1nnc(SC(C)C(=O)NCc2ccccc2)n1C1CCCCC1. The van der Waals surface area contributed by atoms with Crippen molar-refractivity contribution in [3.8, 4) is 0 Å². The van der Waals surface area contributed by atoms with Gasteiger partial charge in [-0.05, 0) is 32.3 Å². The lowest BCUT2D eigenvalue weighted by atomic mass is 9.95. The number of thioether (sulfide) groups is 1. The number of rotatable bonds is 6. The Morgan fingerprint density at radius 3 is 2.68 bits per heavy atom. The summed E-state index contributed by atoms with van der Waals surface area (Å²) in [5.74, 6) is 0.982. The van der Waals surface area contributed by atoms with Crippen LogP contribution >= 0.6 is 11.8 Å². The van der Waals surface area contributed by atoms with E-state index in [9.17, 15) is 4.79 Å². The van der Waals surface area contributed by atoms with Crippen LogP contribution in [0.1, 0.15) is 56.5 Å². The largest absolute Gasteiger partial charge is 0.351 e. The van der Waals surface area contributed by atoms with Crippen molar-refractivity contribution in [2.24, 2.45) is 0 Å². The van der Waals surface area contributed by atoms with Crippen molar-refractivity contribution in [1.29, 1.82) is 0 Å². The zero-order valence-electron chi connectivity index (χ0n) is 14.9. The van der Waals surface area contributed by atoms with Crippen LogP contribution in [-0.4, -0.2) is 25.9 Å². The van der Waals surface area contributed by atoms with Gasteiger partial charge in [0.25, 0.3) is 0 Å². The Morgan fingerprint density at radius 1 is 1.24 bits per heavy atom. The number of hydrogen-bond donors (Lipinski definition) is 1. The second kappa shape index (κ2) is 8.52. The molecule has 25 heavy (non-hydrogen) atoms. The fraction of sp³-hybridized carbons (Fsp3) is 0.526. The van der Waals surface area contributed by atoms with Crippen LogP contribution in [-0.2, 0) is 11.3 Å². The first-order valence-electron chi connectivity index (χ1n) is 9.05. The fourth-order valence-electron chi connectivity index (χ4n) is 3.33. The predicted octanol–water partition coefficient (Wildman–Crippen LogP) is 3.89. The number of nitrogens with zero attached hydrogens (tertiary/aromatic N) is 3. The van der Waals surface area contributed by atoms with Gasteiger partial charge in [-0.2, -0.15) is 0 Å². The normalized spacial score (nSPS) is 16.6. The first kappa shape index (κ1) is 18.0. The Balaban J connectivity index is 1.60. The van der Waals surface area contributed by atoms with E-state index in [1.54, 1.807) is 0 Å². The molecule has 134 valence electrons. The molecule has 1 aliphatic carbocycles. The topological polar surface area (TPSA) is 59.8 Å². The van der Waals surface area contributed by atoms with Gasteiger partial charge in [0, 0.05) is 12.6 Å². The number of amides is 1. The molecule has 6 heteroatoms. The highest BCUT2D eigenvalue weighted by Crippen LogP contribution is 2.33. The maximum absolute atomic E-state index is 12.4. The molecule has 0 saturated heterocycles. The third-order valence-corrected chi connectivity index (χ3v) is 5.79. The number of carbonyl (C=O) groups is 1. The second-order valence-corrected chi connectivity index (χ2v) is 7.96. The Morgan fingerprint density at radius 2 is 1.96 bits per heavy atom. The molecule has 0 spiro atoms. The molecule has 0 aliphatic heterocycles. The van der Waals surface area contributed by atoms with E-state index in [4.69, 9.17) is 0 Å². The van der Waals surface area contributed by atoms with E-state index in [0.29, 0.717) is 12.6 Å². The van der Waals surface area contributed by atoms with Crippen molar-refractivity contribution in [1.82, 2.24) is 20.1 Å². The van der Waals surface area contributed by atoms with Gasteiger partial charge in [-0.1, -0.05) is 61.4 Å². The molecule has 1 amide bonds. The van der Waals surface area contributed by atoms with E-state index >= 15 is 0 Å². The van der Waals surface area contributed by atoms with E-state index < -0.39 is 0 Å². The molecule has 1 saturated carbocycles. The number of nitrogens with one attached hydrogen (secondary N) is 1.